The molecule has 0 spiro atoms. The molecule has 0 saturated heterocycles. The molecule has 0 aliphatic heterocycles. The van der Waals surface area contributed by atoms with Gasteiger partial charge >= 0.3 is 5.97 Å². The standard InChI is InChI=1S/C11H21NO2/c1-2-3-8-12-10-7-5-4-6-9(10)11(13)14/h9-10,12H,2-8H2,1H3,(H,13,14). The van der Waals surface area contributed by atoms with Crippen molar-refractivity contribution in [3.63, 3.8) is 0 Å². The second-order valence-corrected chi connectivity index (χ2v) is 4.14. The number of hydrogen-bond donors (Lipinski definition) is 2. The molecule has 0 heterocycles. The van der Waals surface area contributed by atoms with Crippen LogP contribution in [0.25, 0.3) is 0 Å². The van der Waals surface area contributed by atoms with E-state index in [1.54, 1.807) is 0 Å². The summed E-state index contributed by atoms with van der Waals surface area (Å²) in [5.74, 6) is -0.778. The third-order valence-electron chi connectivity index (χ3n) is 3.02. The van der Waals surface area contributed by atoms with Crippen molar-refractivity contribution in [2.45, 2.75) is 51.5 Å². The number of unbranched alkanes of at least 4 members (excludes halogenated alkanes) is 1. The van der Waals surface area contributed by atoms with Gasteiger partial charge in [0.2, 0.25) is 0 Å². The lowest BCUT2D eigenvalue weighted by Crippen LogP contribution is -2.42. The van der Waals surface area contributed by atoms with E-state index in [0.717, 1.165) is 38.6 Å². The minimum absolute atomic E-state index is 0.152. The maximum absolute atomic E-state index is 11.0. The second kappa shape index (κ2) is 6.02. The average Bonchev–Trinajstić information content (AvgIpc) is 2.19. The topological polar surface area (TPSA) is 49.3 Å². The first-order valence-electron chi connectivity index (χ1n) is 5.72. The van der Waals surface area contributed by atoms with Gasteiger partial charge in [0.05, 0.1) is 5.92 Å². The van der Waals surface area contributed by atoms with Gasteiger partial charge in [0.15, 0.2) is 0 Å². The summed E-state index contributed by atoms with van der Waals surface area (Å²) < 4.78 is 0. The molecule has 0 bridgehead atoms. The SMILES string of the molecule is CCCCNC1CCCCC1C(=O)O. The lowest BCUT2D eigenvalue weighted by atomic mass is 9.84. The van der Waals surface area contributed by atoms with Crippen LogP contribution in [0.4, 0.5) is 0 Å². The molecular weight excluding hydrogens is 178 g/mol. The molecule has 2 unspecified atom stereocenters. The Labute approximate surface area is 85.9 Å². The molecule has 1 saturated carbocycles. The molecule has 0 aromatic heterocycles. The van der Waals surface area contributed by atoms with E-state index in [9.17, 15) is 4.79 Å². The number of carboxylic acid groups (broad SMARTS) is 1. The molecule has 2 N–H and O–H groups in total. The van der Waals surface area contributed by atoms with Crippen molar-refractivity contribution in [2.75, 3.05) is 6.54 Å². The normalized spacial score (nSPS) is 27.5. The highest BCUT2D eigenvalue weighted by atomic mass is 16.4. The number of nitrogens with one attached hydrogen (secondary N) is 1. The van der Waals surface area contributed by atoms with Gasteiger partial charge < -0.3 is 10.4 Å². The second-order valence-electron chi connectivity index (χ2n) is 4.14. The van der Waals surface area contributed by atoms with E-state index in [-0.39, 0.29) is 12.0 Å². The lowest BCUT2D eigenvalue weighted by Gasteiger charge is -2.29. The van der Waals surface area contributed by atoms with Crippen LogP contribution in [0.2, 0.25) is 0 Å². The van der Waals surface area contributed by atoms with Gasteiger partial charge in [-0.05, 0) is 25.8 Å². The first-order valence-corrected chi connectivity index (χ1v) is 5.72. The Morgan fingerprint density at radius 2 is 2.14 bits per heavy atom. The number of hydrogen-bond acceptors (Lipinski definition) is 2. The van der Waals surface area contributed by atoms with Crippen LogP contribution in [0.15, 0.2) is 0 Å². The molecule has 3 nitrogen and oxygen atoms in total. The molecule has 3 heteroatoms. The molecule has 2 atom stereocenters. The Bertz CT molecular complexity index is 182. The van der Waals surface area contributed by atoms with Crippen LogP contribution in [-0.2, 0) is 4.79 Å². The van der Waals surface area contributed by atoms with Crippen molar-refractivity contribution in [1.29, 1.82) is 0 Å². The van der Waals surface area contributed by atoms with Crippen molar-refractivity contribution < 1.29 is 9.90 Å². The summed E-state index contributed by atoms with van der Waals surface area (Å²) in [6.07, 6.45) is 6.43. The Morgan fingerprint density at radius 3 is 2.79 bits per heavy atom. The number of carboxylic acids is 1. The molecule has 0 aromatic carbocycles. The summed E-state index contributed by atoms with van der Waals surface area (Å²) in [7, 11) is 0. The molecule has 82 valence electrons. The fourth-order valence-corrected chi connectivity index (χ4v) is 2.14. The van der Waals surface area contributed by atoms with Crippen LogP contribution in [0.3, 0.4) is 0 Å². The van der Waals surface area contributed by atoms with Crippen LogP contribution in [0.1, 0.15) is 45.4 Å². The van der Waals surface area contributed by atoms with Gasteiger partial charge in [0.25, 0.3) is 0 Å². The molecule has 0 aromatic rings. The van der Waals surface area contributed by atoms with E-state index >= 15 is 0 Å². The van der Waals surface area contributed by atoms with Crippen molar-refractivity contribution >= 4 is 5.97 Å². The fraction of sp³-hybridized carbons (Fsp3) is 0.909. The van der Waals surface area contributed by atoms with Gasteiger partial charge in [-0.3, -0.25) is 4.79 Å². The van der Waals surface area contributed by atoms with Crippen molar-refractivity contribution in [3.8, 4) is 0 Å². The molecule has 0 amide bonds. The van der Waals surface area contributed by atoms with E-state index in [0.29, 0.717) is 0 Å². The minimum Gasteiger partial charge on any atom is -0.481 e. The Hall–Kier alpha value is -0.570. The molecular formula is C11H21NO2. The Morgan fingerprint density at radius 1 is 1.43 bits per heavy atom. The zero-order chi connectivity index (χ0) is 10.4. The van der Waals surface area contributed by atoms with Crippen LogP contribution in [0, 0.1) is 5.92 Å². The average molecular weight is 199 g/mol. The maximum Gasteiger partial charge on any atom is 0.308 e. The van der Waals surface area contributed by atoms with E-state index in [4.69, 9.17) is 5.11 Å². The van der Waals surface area contributed by atoms with Gasteiger partial charge in [-0.15, -0.1) is 0 Å². The van der Waals surface area contributed by atoms with E-state index in [2.05, 4.69) is 12.2 Å². The first-order chi connectivity index (χ1) is 6.75. The fourth-order valence-electron chi connectivity index (χ4n) is 2.14. The van der Waals surface area contributed by atoms with Crippen LogP contribution >= 0.6 is 0 Å². The largest absolute Gasteiger partial charge is 0.481 e. The van der Waals surface area contributed by atoms with Gasteiger partial charge in [0, 0.05) is 6.04 Å². The predicted octanol–water partition coefficient (Wildman–Crippen LogP) is 2.02. The number of carbonyl (C=O) groups is 1. The molecule has 1 aliphatic carbocycles. The molecule has 0 radical (unpaired) electrons. The van der Waals surface area contributed by atoms with Crippen LogP contribution < -0.4 is 5.32 Å². The van der Waals surface area contributed by atoms with Gasteiger partial charge in [-0.2, -0.15) is 0 Å². The maximum atomic E-state index is 11.0. The van der Waals surface area contributed by atoms with Gasteiger partial charge in [-0.1, -0.05) is 26.2 Å². The molecule has 14 heavy (non-hydrogen) atoms. The predicted molar refractivity (Wildman–Crippen MR) is 56.3 cm³/mol. The minimum atomic E-state index is -0.626. The van der Waals surface area contributed by atoms with E-state index in [1.165, 1.54) is 6.42 Å². The smallest absolute Gasteiger partial charge is 0.308 e. The van der Waals surface area contributed by atoms with E-state index in [1.807, 2.05) is 0 Å². The number of aliphatic carboxylic acids is 1. The molecule has 1 aliphatic rings. The highest BCUT2D eigenvalue weighted by Crippen LogP contribution is 2.24. The van der Waals surface area contributed by atoms with Gasteiger partial charge in [0.1, 0.15) is 0 Å². The van der Waals surface area contributed by atoms with Crippen molar-refractivity contribution in [3.05, 3.63) is 0 Å². The van der Waals surface area contributed by atoms with Crippen molar-refractivity contribution in [2.24, 2.45) is 5.92 Å². The van der Waals surface area contributed by atoms with Gasteiger partial charge in [-0.25, -0.2) is 0 Å². The summed E-state index contributed by atoms with van der Waals surface area (Å²) in [5, 5.41) is 12.4. The zero-order valence-electron chi connectivity index (χ0n) is 8.96. The summed E-state index contributed by atoms with van der Waals surface area (Å²) in [4.78, 5) is 11.0. The third kappa shape index (κ3) is 3.29. The highest BCUT2D eigenvalue weighted by Gasteiger charge is 2.29. The van der Waals surface area contributed by atoms with Crippen LogP contribution in [0.5, 0.6) is 0 Å². The Kier molecular flexibility index (Phi) is 4.94. The lowest BCUT2D eigenvalue weighted by molar-refractivity contribution is -0.143. The number of rotatable bonds is 5. The summed E-state index contributed by atoms with van der Waals surface area (Å²) in [6, 6.07) is 0.216. The van der Waals surface area contributed by atoms with Crippen molar-refractivity contribution in [1.82, 2.24) is 5.32 Å². The van der Waals surface area contributed by atoms with E-state index < -0.39 is 5.97 Å². The first kappa shape index (κ1) is 11.5. The zero-order valence-corrected chi connectivity index (χ0v) is 8.96. The summed E-state index contributed by atoms with van der Waals surface area (Å²) in [6.45, 7) is 3.11. The highest BCUT2D eigenvalue weighted by molar-refractivity contribution is 5.71. The monoisotopic (exact) mass is 199 g/mol. The summed E-state index contributed by atoms with van der Waals surface area (Å²) in [5.41, 5.74) is 0. The van der Waals surface area contributed by atoms with Crippen LogP contribution in [-0.4, -0.2) is 23.7 Å². The quantitative estimate of drug-likeness (QED) is 0.666. The molecule has 1 rings (SSSR count). The summed E-state index contributed by atoms with van der Waals surface area (Å²) >= 11 is 0. The molecule has 1 fully saturated rings. The Balaban J connectivity index is 2.34. The third-order valence-corrected chi connectivity index (χ3v) is 3.02.